The van der Waals surface area contributed by atoms with Crippen LogP contribution in [0.1, 0.15) is 6.92 Å². The predicted molar refractivity (Wildman–Crippen MR) is 30.9 cm³/mol. The minimum Gasteiger partial charge on any atom is 0 e. The first-order valence-electron chi connectivity index (χ1n) is 1.74. The Balaban J connectivity index is -0.00000000838. The van der Waals surface area contributed by atoms with Crippen molar-refractivity contribution in [1.29, 1.82) is 5.26 Å². The van der Waals surface area contributed by atoms with E-state index in [1.54, 1.807) is 6.07 Å². The largest absolute Gasteiger partial charge is 0 e. The molecule has 72 valence electrons. The SMILES string of the molecule is CC#N.[C-]#[O+].[C-]#[O+].[C-]#[O+].[C-]#[O+].[C-]#[O+].[Cr]. The number of hydrogen-bond donors (Lipinski definition) is 0. The molecule has 0 fully saturated rings. The van der Waals surface area contributed by atoms with Gasteiger partial charge >= 0.3 is 56.5 Å². The third kappa shape index (κ3) is 621. The van der Waals surface area contributed by atoms with E-state index in [4.69, 9.17) is 28.5 Å². The van der Waals surface area contributed by atoms with E-state index in [1.165, 1.54) is 6.92 Å². The van der Waals surface area contributed by atoms with Gasteiger partial charge in [-0.2, -0.15) is 5.26 Å². The molecule has 0 aliphatic rings. The maximum Gasteiger partial charge on any atom is 0 e. The van der Waals surface area contributed by atoms with Crippen LogP contribution in [0.3, 0.4) is 0 Å². The van der Waals surface area contributed by atoms with E-state index in [9.17, 15) is 0 Å². The zero-order chi connectivity index (χ0) is 12.7. The molecule has 0 unspecified atom stereocenters. The average Bonchev–Trinajstić information content (AvgIpc) is 2.32. The van der Waals surface area contributed by atoms with Crippen LogP contribution in [0.4, 0.5) is 0 Å². The van der Waals surface area contributed by atoms with Crippen LogP contribution in [0.25, 0.3) is 0 Å². The van der Waals surface area contributed by atoms with Crippen LogP contribution in [0, 0.1) is 44.6 Å². The van der Waals surface area contributed by atoms with Gasteiger partial charge in [0.2, 0.25) is 0 Å². The van der Waals surface area contributed by atoms with E-state index in [0.29, 0.717) is 0 Å². The molecule has 0 aromatic carbocycles. The van der Waals surface area contributed by atoms with E-state index >= 15 is 0 Å². The van der Waals surface area contributed by atoms with Gasteiger partial charge in [-0.25, -0.2) is 0 Å². The first-order chi connectivity index (χ1) is 6.41. The fourth-order valence-corrected chi connectivity index (χ4v) is 0. The molecule has 0 radical (unpaired) electrons. The van der Waals surface area contributed by atoms with Crippen molar-refractivity contribution >= 4 is 0 Å². The summed E-state index contributed by atoms with van der Waals surface area (Å²) in [5.74, 6) is 0. The van der Waals surface area contributed by atoms with E-state index < -0.39 is 0 Å². The monoisotopic (exact) mass is 233 g/mol. The zero-order valence-corrected chi connectivity index (χ0v) is 8.17. The number of rotatable bonds is 0. The molecule has 0 saturated heterocycles. The summed E-state index contributed by atoms with van der Waals surface area (Å²) in [6.07, 6.45) is 0. The predicted octanol–water partition coefficient (Wildman–Crippen LogP) is 0.340. The maximum atomic E-state index is 7.50. The second-order valence-electron chi connectivity index (χ2n) is 0.224. The molecule has 6 nitrogen and oxygen atoms in total. The topological polar surface area (TPSA) is 123 Å². The van der Waals surface area contributed by atoms with Crippen molar-refractivity contribution in [2.24, 2.45) is 0 Å². The van der Waals surface area contributed by atoms with Crippen molar-refractivity contribution in [2.75, 3.05) is 0 Å². The minimum absolute atomic E-state index is 0. The third-order valence-corrected chi connectivity index (χ3v) is 0. The van der Waals surface area contributed by atoms with Crippen molar-refractivity contribution < 1.29 is 40.6 Å². The van der Waals surface area contributed by atoms with Crippen LogP contribution in [0.15, 0.2) is 0 Å². The van der Waals surface area contributed by atoms with E-state index in [0.717, 1.165) is 0 Å². The van der Waals surface area contributed by atoms with Crippen molar-refractivity contribution in [3.8, 4) is 6.07 Å². The molecule has 0 bridgehead atoms. The summed E-state index contributed by atoms with van der Waals surface area (Å²) in [6, 6.07) is 1.75. The van der Waals surface area contributed by atoms with E-state index in [-0.39, 0.29) is 17.4 Å². The van der Waals surface area contributed by atoms with Crippen molar-refractivity contribution in [3.63, 3.8) is 0 Å². The molecule has 0 N–H and O–H groups in total. The number of nitrogens with zero attached hydrogens (tertiary/aromatic N) is 1. The average molecular weight is 233 g/mol. The molecule has 0 saturated carbocycles. The fraction of sp³-hybridized carbons (Fsp3) is 0.143. The molecule has 0 atom stereocenters. The van der Waals surface area contributed by atoms with Gasteiger partial charge in [0, 0.05) is 24.3 Å². The minimum atomic E-state index is 0. The molecule has 0 aromatic rings. The molecular weight excluding hydrogens is 230 g/mol. The van der Waals surface area contributed by atoms with Crippen LogP contribution in [-0.2, 0) is 40.6 Å². The molecule has 0 aromatic heterocycles. The van der Waals surface area contributed by atoms with Gasteiger partial charge in [0.25, 0.3) is 0 Å². The van der Waals surface area contributed by atoms with Crippen molar-refractivity contribution in [2.45, 2.75) is 6.92 Å². The zero-order valence-electron chi connectivity index (χ0n) is 6.90. The second kappa shape index (κ2) is 17500. The molecule has 0 aliphatic heterocycles. The molecule has 0 rings (SSSR count). The standard InChI is InChI=1S/C2H3N.5CO.Cr/c1-2-3;5*1-2;/h1H3;;;;;;. The fourth-order valence-electron chi connectivity index (χ4n) is 0. The van der Waals surface area contributed by atoms with E-state index in [2.05, 4.69) is 33.3 Å². The molecule has 7 heteroatoms. The molecule has 14 heavy (non-hydrogen) atoms. The Morgan fingerprint density at radius 3 is 0.714 bits per heavy atom. The summed E-state index contributed by atoms with van der Waals surface area (Å²) >= 11 is 0. The summed E-state index contributed by atoms with van der Waals surface area (Å²) < 4.78 is 37.5. The first kappa shape index (κ1) is 53.4. The Kier molecular flexibility index (Phi) is 66700. The van der Waals surface area contributed by atoms with Gasteiger partial charge in [-0.1, -0.05) is 0 Å². The first-order valence-corrected chi connectivity index (χ1v) is 1.74. The van der Waals surface area contributed by atoms with Crippen molar-refractivity contribution in [3.05, 3.63) is 33.3 Å². The van der Waals surface area contributed by atoms with Gasteiger partial charge in [0.15, 0.2) is 0 Å². The third-order valence-electron chi connectivity index (χ3n) is 0. The number of nitriles is 1. The second-order valence-corrected chi connectivity index (χ2v) is 0.224. The molecule has 0 amide bonds. The van der Waals surface area contributed by atoms with Gasteiger partial charge < -0.3 is 0 Å². The summed E-state index contributed by atoms with van der Waals surface area (Å²) in [5, 5.41) is 7.32. The molecule has 0 aliphatic carbocycles. The number of hydrogen-bond acceptors (Lipinski definition) is 1. The summed E-state index contributed by atoms with van der Waals surface area (Å²) in [4.78, 5) is 0. The van der Waals surface area contributed by atoms with Crippen LogP contribution < -0.4 is 0 Å². The van der Waals surface area contributed by atoms with Crippen molar-refractivity contribution in [1.82, 2.24) is 0 Å². The van der Waals surface area contributed by atoms with Gasteiger partial charge in [0.05, 0.1) is 6.07 Å². The van der Waals surface area contributed by atoms with E-state index in [1.807, 2.05) is 0 Å². The van der Waals surface area contributed by atoms with Gasteiger partial charge in [-0.3, -0.25) is 0 Å². The Morgan fingerprint density at radius 2 is 0.714 bits per heavy atom. The Bertz CT molecular complexity index is 138. The van der Waals surface area contributed by atoms with Gasteiger partial charge in [-0.05, 0) is 0 Å². The van der Waals surface area contributed by atoms with Gasteiger partial charge in [-0.15, -0.1) is 0 Å². The summed E-state index contributed by atoms with van der Waals surface area (Å²) in [6.45, 7) is 23.9. The molecule has 0 heterocycles. The van der Waals surface area contributed by atoms with Crippen LogP contribution >= 0.6 is 0 Å². The normalized spacial score (nSPS) is 1.29. The molecular formula is C7H3CrNO5. The summed E-state index contributed by atoms with van der Waals surface area (Å²) in [5.41, 5.74) is 0. The van der Waals surface area contributed by atoms with Crippen LogP contribution in [0.2, 0.25) is 0 Å². The molecule has 0 spiro atoms. The summed E-state index contributed by atoms with van der Waals surface area (Å²) in [7, 11) is 0. The Hall–Kier alpha value is -1.28. The van der Waals surface area contributed by atoms with Crippen LogP contribution in [0.5, 0.6) is 0 Å². The smallest absolute Gasteiger partial charge is 0 e. The maximum absolute atomic E-state index is 7.50. The Morgan fingerprint density at radius 1 is 0.714 bits per heavy atom. The quantitative estimate of drug-likeness (QED) is 0.434. The van der Waals surface area contributed by atoms with Gasteiger partial charge in [0.1, 0.15) is 0 Å². The van der Waals surface area contributed by atoms with Crippen LogP contribution in [-0.4, -0.2) is 0 Å². The Labute approximate surface area is 92.6 Å².